The topological polar surface area (TPSA) is 89.3 Å². The molecule has 0 spiro atoms. The Morgan fingerprint density at radius 2 is 2.14 bits per heavy atom. The van der Waals surface area contributed by atoms with Gasteiger partial charge in [-0.2, -0.15) is 0 Å². The van der Waals surface area contributed by atoms with E-state index in [2.05, 4.69) is 0 Å². The highest BCUT2D eigenvalue weighted by molar-refractivity contribution is 6.01. The molecule has 1 aromatic rings. The Morgan fingerprint density at radius 3 is 2.71 bits per heavy atom. The summed E-state index contributed by atoms with van der Waals surface area (Å²) in [5.74, 6) is 0.0138. The number of anilines is 1. The average molecular weight is 194 g/mol. The monoisotopic (exact) mass is 194 g/mol. The van der Waals surface area contributed by atoms with Crippen molar-refractivity contribution >= 4 is 11.5 Å². The first-order chi connectivity index (χ1) is 6.56. The first-order valence-electron chi connectivity index (χ1n) is 4.38. The van der Waals surface area contributed by atoms with Gasteiger partial charge in [-0.3, -0.25) is 4.79 Å². The summed E-state index contributed by atoms with van der Waals surface area (Å²) in [5.41, 5.74) is 12.2. The van der Waals surface area contributed by atoms with E-state index in [0.717, 1.165) is 0 Å². The maximum absolute atomic E-state index is 11.5. The second kappa shape index (κ2) is 4.11. The Morgan fingerprint density at radius 1 is 1.50 bits per heavy atom. The van der Waals surface area contributed by atoms with Crippen LogP contribution in [-0.2, 0) is 0 Å². The number of benzene rings is 1. The molecule has 0 unspecified atom stereocenters. The van der Waals surface area contributed by atoms with Crippen LogP contribution in [0.15, 0.2) is 12.1 Å². The Labute approximate surface area is 82.5 Å². The highest BCUT2D eigenvalue weighted by Gasteiger charge is 2.11. The van der Waals surface area contributed by atoms with Crippen LogP contribution in [0, 0.1) is 6.92 Å². The highest BCUT2D eigenvalue weighted by Crippen LogP contribution is 2.24. The third-order valence-electron chi connectivity index (χ3n) is 2.04. The third-order valence-corrected chi connectivity index (χ3v) is 2.04. The summed E-state index contributed by atoms with van der Waals surface area (Å²) in [7, 11) is 0. The van der Waals surface area contributed by atoms with E-state index in [4.69, 9.17) is 11.5 Å². The molecule has 0 saturated carbocycles. The molecule has 1 rings (SSSR count). The summed E-state index contributed by atoms with van der Waals surface area (Å²) in [4.78, 5) is 11.5. The van der Waals surface area contributed by atoms with Crippen LogP contribution in [0.2, 0.25) is 0 Å². The van der Waals surface area contributed by atoms with Gasteiger partial charge in [-0.05, 0) is 25.1 Å². The van der Waals surface area contributed by atoms with E-state index in [-0.39, 0.29) is 18.0 Å². The molecule has 0 radical (unpaired) electrons. The number of aryl methyl sites for hydroxylation is 1. The Balaban J connectivity index is 3.09. The van der Waals surface area contributed by atoms with E-state index in [1.54, 1.807) is 13.0 Å². The van der Waals surface area contributed by atoms with Crippen molar-refractivity contribution in [1.82, 2.24) is 0 Å². The molecular weight excluding hydrogens is 180 g/mol. The lowest BCUT2D eigenvalue weighted by atomic mass is 10.0. The Bertz CT molecular complexity index is 361. The van der Waals surface area contributed by atoms with Gasteiger partial charge in [0.1, 0.15) is 5.75 Å². The van der Waals surface area contributed by atoms with Crippen LogP contribution in [0.25, 0.3) is 0 Å². The lowest BCUT2D eigenvalue weighted by Gasteiger charge is -2.06. The lowest BCUT2D eigenvalue weighted by Crippen LogP contribution is -2.10. The molecule has 76 valence electrons. The van der Waals surface area contributed by atoms with Crippen LogP contribution < -0.4 is 11.5 Å². The van der Waals surface area contributed by atoms with Gasteiger partial charge < -0.3 is 16.6 Å². The molecule has 4 heteroatoms. The van der Waals surface area contributed by atoms with E-state index in [0.29, 0.717) is 23.4 Å². The number of carbonyl (C=O) groups excluding carboxylic acids is 1. The van der Waals surface area contributed by atoms with Crippen LogP contribution >= 0.6 is 0 Å². The van der Waals surface area contributed by atoms with Gasteiger partial charge in [-0.15, -0.1) is 0 Å². The van der Waals surface area contributed by atoms with E-state index >= 15 is 0 Å². The molecule has 0 aliphatic heterocycles. The Hall–Kier alpha value is -1.55. The molecule has 0 heterocycles. The van der Waals surface area contributed by atoms with Crippen molar-refractivity contribution < 1.29 is 9.90 Å². The minimum atomic E-state index is -0.0897. The molecule has 0 atom stereocenters. The number of nitrogens with two attached hydrogens (primary N) is 2. The maximum Gasteiger partial charge on any atom is 0.166 e. The number of rotatable bonds is 3. The number of hydrogen-bond donors (Lipinski definition) is 3. The van der Waals surface area contributed by atoms with E-state index < -0.39 is 0 Å². The molecule has 5 N–H and O–H groups in total. The van der Waals surface area contributed by atoms with Crippen molar-refractivity contribution in [3.05, 3.63) is 23.3 Å². The molecule has 14 heavy (non-hydrogen) atoms. The minimum absolute atomic E-state index is 0.0897. The van der Waals surface area contributed by atoms with Gasteiger partial charge in [-0.25, -0.2) is 0 Å². The fraction of sp³-hybridized carbons (Fsp3) is 0.300. The van der Waals surface area contributed by atoms with Gasteiger partial charge in [0.15, 0.2) is 5.78 Å². The van der Waals surface area contributed by atoms with Gasteiger partial charge in [-0.1, -0.05) is 0 Å². The largest absolute Gasteiger partial charge is 0.508 e. The van der Waals surface area contributed by atoms with E-state index in [1.807, 2.05) is 0 Å². The van der Waals surface area contributed by atoms with Crippen LogP contribution in [0.3, 0.4) is 0 Å². The summed E-state index contributed by atoms with van der Waals surface area (Å²) in [5, 5.41) is 9.32. The van der Waals surface area contributed by atoms with Crippen molar-refractivity contribution in [1.29, 1.82) is 0 Å². The van der Waals surface area contributed by atoms with Gasteiger partial charge in [0.25, 0.3) is 0 Å². The molecular formula is C10H14N2O2. The lowest BCUT2D eigenvalue weighted by molar-refractivity contribution is 0.0986. The van der Waals surface area contributed by atoms with E-state index in [9.17, 15) is 9.90 Å². The molecule has 0 amide bonds. The summed E-state index contributed by atoms with van der Waals surface area (Å²) >= 11 is 0. The number of Topliss-reactive ketones (excluding diaryl/α,β-unsaturated/α-hetero) is 1. The van der Waals surface area contributed by atoms with Gasteiger partial charge in [0.05, 0.1) is 0 Å². The first-order valence-corrected chi connectivity index (χ1v) is 4.38. The predicted molar refractivity (Wildman–Crippen MR) is 55.3 cm³/mol. The number of ketones is 1. The number of phenolic OH excluding ortho intramolecular Hbond substituents is 1. The summed E-state index contributed by atoms with van der Waals surface area (Å²) < 4.78 is 0. The van der Waals surface area contributed by atoms with Crippen LogP contribution in [0.4, 0.5) is 5.69 Å². The molecule has 0 aromatic heterocycles. The minimum Gasteiger partial charge on any atom is -0.508 e. The summed E-state index contributed by atoms with van der Waals surface area (Å²) in [6, 6.07) is 2.97. The number of hydrogen-bond acceptors (Lipinski definition) is 4. The summed E-state index contributed by atoms with van der Waals surface area (Å²) in [6.45, 7) is 2.02. The molecule has 0 bridgehead atoms. The highest BCUT2D eigenvalue weighted by atomic mass is 16.3. The zero-order valence-electron chi connectivity index (χ0n) is 8.08. The standard InChI is InChI=1S/C10H14N2O2/c1-6-4-7(9(13)2-3-11)8(12)5-10(6)14/h4-5,14H,2-3,11-12H2,1H3. The molecule has 0 fully saturated rings. The number of carbonyl (C=O) groups is 1. The van der Waals surface area contributed by atoms with Crippen molar-refractivity contribution in [3.63, 3.8) is 0 Å². The van der Waals surface area contributed by atoms with Crippen LogP contribution in [0.1, 0.15) is 22.3 Å². The second-order valence-corrected chi connectivity index (χ2v) is 3.19. The second-order valence-electron chi connectivity index (χ2n) is 3.19. The fourth-order valence-electron chi connectivity index (χ4n) is 1.22. The molecule has 0 aliphatic rings. The predicted octanol–water partition coefficient (Wildman–Crippen LogP) is 0.814. The number of aromatic hydroxyl groups is 1. The zero-order chi connectivity index (χ0) is 10.7. The third kappa shape index (κ3) is 2.03. The van der Waals surface area contributed by atoms with E-state index in [1.165, 1.54) is 6.07 Å². The first kappa shape index (κ1) is 10.5. The average Bonchev–Trinajstić information content (AvgIpc) is 2.11. The SMILES string of the molecule is Cc1cc(C(=O)CCN)c(N)cc1O. The molecule has 4 nitrogen and oxygen atoms in total. The smallest absolute Gasteiger partial charge is 0.166 e. The zero-order valence-corrected chi connectivity index (χ0v) is 8.08. The van der Waals surface area contributed by atoms with Gasteiger partial charge in [0, 0.05) is 23.7 Å². The van der Waals surface area contributed by atoms with Crippen molar-refractivity contribution in [3.8, 4) is 5.75 Å². The van der Waals surface area contributed by atoms with Crippen molar-refractivity contribution in [2.45, 2.75) is 13.3 Å². The van der Waals surface area contributed by atoms with Crippen LogP contribution in [-0.4, -0.2) is 17.4 Å². The fourth-order valence-corrected chi connectivity index (χ4v) is 1.22. The van der Waals surface area contributed by atoms with Crippen LogP contribution in [0.5, 0.6) is 5.75 Å². The molecule has 1 aromatic carbocycles. The quantitative estimate of drug-likeness (QED) is 0.490. The normalized spacial score (nSPS) is 10.1. The number of nitrogen functional groups attached to an aromatic ring is 1. The maximum atomic E-state index is 11.5. The van der Waals surface area contributed by atoms with Gasteiger partial charge in [0.2, 0.25) is 0 Å². The molecule has 0 saturated heterocycles. The molecule has 0 aliphatic carbocycles. The Kier molecular flexibility index (Phi) is 3.09. The summed E-state index contributed by atoms with van der Waals surface area (Å²) in [6.07, 6.45) is 0.272. The van der Waals surface area contributed by atoms with Crippen molar-refractivity contribution in [2.75, 3.05) is 12.3 Å². The van der Waals surface area contributed by atoms with Gasteiger partial charge >= 0.3 is 0 Å². The number of phenols is 1. The van der Waals surface area contributed by atoms with Crippen molar-refractivity contribution in [2.24, 2.45) is 5.73 Å².